The second-order valence-electron chi connectivity index (χ2n) is 3.50. The van der Waals surface area contributed by atoms with Crippen LogP contribution in [0.4, 0.5) is 5.69 Å². The standard InChI is InChI=1S/C11H10ClN4O.Zn/c1-7-8(4-3-5-13-7)15-11(17)9-10(12)14-6-16(9)2;/h3-5H,1-2H3,(H,15,17);/q-1;. The topological polar surface area (TPSA) is 59.8 Å². The summed E-state index contributed by atoms with van der Waals surface area (Å²) >= 11 is 5.81. The number of halogens is 1. The van der Waals surface area contributed by atoms with Gasteiger partial charge in [0, 0.05) is 37.2 Å². The fraction of sp³-hybridized carbons (Fsp3) is 0.182. The van der Waals surface area contributed by atoms with Gasteiger partial charge >= 0.3 is 0 Å². The molecule has 2 aromatic heterocycles. The van der Waals surface area contributed by atoms with E-state index < -0.39 is 0 Å². The van der Waals surface area contributed by atoms with Gasteiger partial charge in [-0.1, -0.05) is 0 Å². The molecule has 0 atom stereocenters. The molecule has 0 aliphatic rings. The largest absolute Gasteiger partial charge is 0.445 e. The molecule has 0 aromatic carbocycles. The summed E-state index contributed by atoms with van der Waals surface area (Å²) in [5.74, 6) is -0.331. The average Bonchev–Trinajstić information content (AvgIpc) is 2.62. The fourth-order valence-corrected chi connectivity index (χ4v) is 1.65. The normalized spacial score (nSPS) is 9.72. The molecule has 0 radical (unpaired) electrons. The number of nitrogens with zero attached hydrogens (tertiary/aromatic N) is 3. The van der Waals surface area contributed by atoms with E-state index >= 15 is 0 Å². The Morgan fingerprint density at radius 2 is 2.28 bits per heavy atom. The molecular formula is C11H10ClN4OZn-. The van der Waals surface area contributed by atoms with Crippen LogP contribution in [0.15, 0.2) is 18.3 Å². The maximum Gasteiger partial charge on any atom is 0.207 e. The zero-order chi connectivity index (χ0) is 12.4. The molecule has 7 heteroatoms. The van der Waals surface area contributed by atoms with Gasteiger partial charge in [0.1, 0.15) is 0 Å². The summed E-state index contributed by atoms with van der Waals surface area (Å²) in [7, 11) is 1.66. The number of pyridine rings is 1. The number of nitrogens with one attached hydrogen (secondary N) is 1. The Balaban J connectivity index is 0.00000162. The van der Waals surface area contributed by atoms with Crippen molar-refractivity contribution in [3.05, 3.63) is 41.2 Å². The number of anilines is 1. The summed E-state index contributed by atoms with van der Waals surface area (Å²) in [5, 5.41) is 2.86. The van der Waals surface area contributed by atoms with Crippen molar-refractivity contribution < 1.29 is 24.3 Å². The third-order valence-electron chi connectivity index (χ3n) is 2.30. The number of hydrogen-bond acceptors (Lipinski definition) is 3. The summed E-state index contributed by atoms with van der Waals surface area (Å²) < 4.78 is 1.45. The third-order valence-corrected chi connectivity index (χ3v) is 2.56. The van der Waals surface area contributed by atoms with E-state index in [-0.39, 0.29) is 36.2 Å². The molecule has 1 N–H and O–H groups in total. The SMILES string of the molecule is Cc1ncccc1NC(=O)c1c(Cl)n[c-]n1C.[Zn]. The van der Waals surface area contributed by atoms with Crippen LogP contribution >= 0.6 is 11.6 Å². The van der Waals surface area contributed by atoms with Gasteiger partial charge < -0.3 is 14.9 Å². The maximum atomic E-state index is 12.0. The summed E-state index contributed by atoms with van der Waals surface area (Å²) in [5.41, 5.74) is 1.66. The Labute approximate surface area is 122 Å². The first kappa shape index (κ1) is 14.8. The van der Waals surface area contributed by atoms with Crippen LogP contribution in [0, 0.1) is 13.3 Å². The molecule has 90 valence electrons. The Bertz CT molecular complexity index is 550. The second-order valence-corrected chi connectivity index (χ2v) is 3.86. The Kier molecular flexibility index (Phi) is 4.99. The summed E-state index contributed by atoms with van der Waals surface area (Å²) in [4.78, 5) is 19.8. The molecule has 5 nitrogen and oxygen atoms in total. The van der Waals surface area contributed by atoms with Crippen molar-refractivity contribution in [3.63, 3.8) is 0 Å². The number of carbonyl (C=O) groups is 1. The van der Waals surface area contributed by atoms with Crippen LogP contribution in [-0.4, -0.2) is 20.4 Å². The number of aryl methyl sites for hydroxylation is 2. The zero-order valence-corrected chi connectivity index (χ0v) is 13.8. The molecule has 0 fully saturated rings. The van der Waals surface area contributed by atoms with Gasteiger partial charge in [-0.3, -0.25) is 9.78 Å². The van der Waals surface area contributed by atoms with Gasteiger partial charge in [0.25, 0.3) is 0 Å². The van der Waals surface area contributed by atoms with Gasteiger partial charge in [-0.15, -0.1) is 0 Å². The molecule has 0 unspecified atom stereocenters. The van der Waals surface area contributed by atoms with Crippen molar-refractivity contribution in [1.82, 2.24) is 14.5 Å². The molecule has 1 amide bonds. The van der Waals surface area contributed by atoms with E-state index in [4.69, 9.17) is 11.6 Å². The fourth-order valence-electron chi connectivity index (χ4n) is 1.40. The molecule has 0 bridgehead atoms. The number of hydrogen-bond donors (Lipinski definition) is 1. The van der Waals surface area contributed by atoms with Crippen LogP contribution in [0.3, 0.4) is 0 Å². The molecule has 2 heterocycles. The molecule has 0 saturated heterocycles. The first-order chi connectivity index (χ1) is 8.09. The number of imidazole rings is 1. The van der Waals surface area contributed by atoms with E-state index in [9.17, 15) is 4.79 Å². The molecule has 2 aromatic rings. The first-order valence-electron chi connectivity index (χ1n) is 4.92. The number of carbonyl (C=O) groups excluding carboxylic acids is 1. The predicted octanol–water partition coefficient (Wildman–Crippen LogP) is 1.83. The van der Waals surface area contributed by atoms with Gasteiger partial charge in [0.2, 0.25) is 5.91 Å². The van der Waals surface area contributed by atoms with Crippen molar-refractivity contribution in [1.29, 1.82) is 0 Å². The Morgan fingerprint density at radius 3 is 2.83 bits per heavy atom. The van der Waals surface area contributed by atoms with E-state index in [1.54, 1.807) is 25.4 Å². The van der Waals surface area contributed by atoms with Crippen LogP contribution in [-0.2, 0) is 26.5 Å². The van der Waals surface area contributed by atoms with Crippen LogP contribution in [0.1, 0.15) is 16.2 Å². The zero-order valence-electron chi connectivity index (χ0n) is 10.1. The molecule has 0 saturated carbocycles. The van der Waals surface area contributed by atoms with Crippen LogP contribution in [0.5, 0.6) is 0 Å². The third kappa shape index (κ3) is 2.95. The smallest absolute Gasteiger partial charge is 0.207 e. The van der Waals surface area contributed by atoms with E-state index in [0.717, 1.165) is 5.69 Å². The molecule has 0 spiro atoms. The monoisotopic (exact) mass is 313 g/mol. The molecule has 2 rings (SSSR count). The van der Waals surface area contributed by atoms with Crippen LogP contribution < -0.4 is 5.32 Å². The molecule has 0 aliphatic carbocycles. The minimum Gasteiger partial charge on any atom is -0.445 e. The molecule has 18 heavy (non-hydrogen) atoms. The van der Waals surface area contributed by atoms with Crippen molar-refractivity contribution in [2.45, 2.75) is 6.92 Å². The van der Waals surface area contributed by atoms with E-state index in [1.807, 2.05) is 6.92 Å². The number of aromatic nitrogens is 3. The van der Waals surface area contributed by atoms with E-state index in [1.165, 1.54) is 4.57 Å². The van der Waals surface area contributed by atoms with Crippen LogP contribution in [0.25, 0.3) is 0 Å². The van der Waals surface area contributed by atoms with Crippen LogP contribution in [0.2, 0.25) is 5.15 Å². The maximum absolute atomic E-state index is 12.0. The minimum atomic E-state index is -0.331. The minimum absolute atomic E-state index is 0. The predicted molar refractivity (Wildman–Crippen MR) is 64.0 cm³/mol. The summed E-state index contributed by atoms with van der Waals surface area (Å²) in [6.45, 7) is 1.81. The van der Waals surface area contributed by atoms with Crippen molar-refractivity contribution in [3.8, 4) is 0 Å². The number of rotatable bonds is 2. The van der Waals surface area contributed by atoms with Crippen molar-refractivity contribution in [2.75, 3.05) is 5.32 Å². The number of amides is 1. The molecular weight excluding hydrogens is 305 g/mol. The van der Waals surface area contributed by atoms with Gasteiger partial charge in [0.15, 0.2) is 0 Å². The van der Waals surface area contributed by atoms with Crippen molar-refractivity contribution >= 4 is 23.2 Å². The summed E-state index contributed by atoms with van der Waals surface area (Å²) in [6.07, 6.45) is 4.24. The molecule has 0 aliphatic heterocycles. The van der Waals surface area contributed by atoms with Gasteiger partial charge in [-0.05, 0) is 31.8 Å². The Hall–Kier alpha value is -1.26. The Morgan fingerprint density at radius 1 is 1.56 bits per heavy atom. The average molecular weight is 315 g/mol. The quantitative estimate of drug-likeness (QED) is 0.679. The van der Waals surface area contributed by atoms with Gasteiger partial charge in [-0.2, -0.15) is 11.6 Å². The first-order valence-corrected chi connectivity index (χ1v) is 5.30. The van der Waals surface area contributed by atoms with Crippen molar-refractivity contribution in [2.24, 2.45) is 7.05 Å². The van der Waals surface area contributed by atoms with E-state index in [0.29, 0.717) is 5.69 Å². The van der Waals surface area contributed by atoms with Gasteiger partial charge in [-0.25, -0.2) is 0 Å². The van der Waals surface area contributed by atoms with E-state index in [2.05, 4.69) is 21.6 Å². The van der Waals surface area contributed by atoms with Gasteiger partial charge in [0.05, 0.1) is 11.4 Å². The summed E-state index contributed by atoms with van der Waals surface area (Å²) in [6, 6.07) is 3.52. The second kappa shape index (κ2) is 6.07.